The van der Waals surface area contributed by atoms with E-state index in [1.54, 1.807) is 36.2 Å². The Hall–Kier alpha value is -2.80. The third kappa shape index (κ3) is 5.28. The highest BCUT2D eigenvalue weighted by molar-refractivity contribution is 7.98. The standard InChI is InChI=1S/C23H18Cl2N4OS/c1-29-22(27-28-23(29)31-14-17-4-7-18(24)12-21(17)25)16-5-8-19(9-6-16)26-13-15-2-10-20(30)11-3-15/h2-13,30H,14H2,1H3. The van der Waals surface area contributed by atoms with E-state index in [0.29, 0.717) is 15.8 Å². The lowest BCUT2D eigenvalue weighted by atomic mass is 10.2. The van der Waals surface area contributed by atoms with Crippen LogP contribution in [0.5, 0.6) is 5.75 Å². The van der Waals surface area contributed by atoms with Crippen molar-refractivity contribution in [1.82, 2.24) is 14.8 Å². The summed E-state index contributed by atoms with van der Waals surface area (Å²) in [5.74, 6) is 1.69. The van der Waals surface area contributed by atoms with Crippen LogP contribution in [0.2, 0.25) is 10.0 Å². The summed E-state index contributed by atoms with van der Waals surface area (Å²) in [4.78, 5) is 4.47. The summed E-state index contributed by atoms with van der Waals surface area (Å²) in [5, 5.41) is 20.1. The highest BCUT2D eigenvalue weighted by Crippen LogP contribution is 2.29. The molecular formula is C23H18Cl2N4OS. The summed E-state index contributed by atoms with van der Waals surface area (Å²) in [6.07, 6.45) is 1.76. The van der Waals surface area contributed by atoms with Crippen molar-refractivity contribution in [2.24, 2.45) is 12.0 Å². The number of phenolic OH excluding ortho intramolecular Hbond substituents is 1. The van der Waals surface area contributed by atoms with Crippen molar-refractivity contribution in [3.8, 4) is 17.1 Å². The number of hydrogen-bond acceptors (Lipinski definition) is 5. The highest BCUT2D eigenvalue weighted by Gasteiger charge is 2.12. The zero-order chi connectivity index (χ0) is 21.8. The monoisotopic (exact) mass is 468 g/mol. The molecule has 4 rings (SSSR count). The van der Waals surface area contributed by atoms with Gasteiger partial charge in [-0.25, -0.2) is 0 Å². The molecule has 0 spiro atoms. The fraction of sp³-hybridized carbons (Fsp3) is 0.0870. The van der Waals surface area contributed by atoms with Crippen LogP contribution in [0.25, 0.3) is 11.4 Å². The van der Waals surface area contributed by atoms with Gasteiger partial charge < -0.3 is 9.67 Å². The van der Waals surface area contributed by atoms with Crippen molar-refractivity contribution in [3.05, 3.63) is 87.9 Å². The van der Waals surface area contributed by atoms with Crippen molar-refractivity contribution >= 4 is 46.9 Å². The lowest BCUT2D eigenvalue weighted by Gasteiger charge is -2.06. The van der Waals surface area contributed by atoms with E-state index in [0.717, 1.165) is 33.4 Å². The summed E-state index contributed by atoms with van der Waals surface area (Å²) in [5.41, 5.74) is 3.69. The van der Waals surface area contributed by atoms with Crippen molar-refractivity contribution in [2.45, 2.75) is 10.9 Å². The van der Waals surface area contributed by atoms with Gasteiger partial charge in [-0.15, -0.1) is 10.2 Å². The van der Waals surface area contributed by atoms with Crippen LogP contribution < -0.4 is 0 Å². The molecule has 0 atom stereocenters. The van der Waals surface area contributed by atoms with Crippen LogP contribution >= 0.6 is 35.0 Å². The minimum absolute atomic E-state index is 0.235. The Morgan fingerprint density at radius 1 is 1.00 bits per heavy atom. The molecule has 0 amide bonds. The molecule has 0 aliphatic carbocycles. The minimum atomic E-state index is 0.235. The van der Waals surface area contributed by atoms with Crippen molar-refractivity contribution in [3.63, 3.8) is 0 Å². The van der Waals surface area contributed by atoms with Crippen LogP contribution in [-0.4, -0.2) is 26.1 Å². The van der Waals surface area contributed by atoms with Gasteiger partial charge in [0.15, 0.2) is 11.0 Å². The van der Waals surface area contributed by atoms with Crippen LogP contribution in [0.1, 0.15) is 11.1 Å². The smallest absolute Gasteiger partial charge is 0.191 e. The van der Waals surface area contributed by atoms with E-state index in [1.165, 1.54) is 0 Å². The molecule has 4 aromatic rings. The molecule has 1 aromatic heterocycles. The van der Waals surface area contributed by atoms with Crippen LogP contribution in [-0.2, 0) is 12.8 Å². The first kappa shape index (κ1) is 21.4. The fourth-order valence-electron chi connectivity index (χ4n) is 2.88. The van der Waals surface area contributed by atoms with Gasteiger partial charge in [0.25, 0.3) is 0 Å². The Balaban J connectivity index is 1.45. The second-order valence-electron chi connectivity index (χ2n) is 6.79. The van der Waals surface area contributed by atoms with E-state index < -0.39 is 0 Å². The van der Waals surface area contributed by atoms with Gasteiger partial charge in [0.1, 0.15) is 5.75 Å². The molecule has 0 aliphatic rings. The molecule has 0 bridgehead atoms. The Morgan fingerprint density at radius 2 is 1.74 bits per heavy atom. The number of aromatic nitrogens is 3. The van der Waals surface area contributed by atoms with Crippen LogP contribution in [0.15, 0.2) is 76.9 Å². The lowest BCUT2D eigenvalue weighted by Crippen LogP contribution is -1.95. The molecule has 3 aromatic carbocycles. The third-order valence-electron chi connectivity index (χ3n) is 4.59. The van der Waals surface area contributed by atoms with Gasteiger partial charge in [0.05, 0.1) is 5.69 Å². The molecule has 156 valence electrons. The summed E-state index contributed by atoms with van der Waals surface area (Å²) >= 11 is 13.8. The van der Waals surface area contributed by atoms with Crippen LogP contribution in [0.3, 0.4) is 0 Å². The molecule has 0 radical (unpaired) electrons. The van der Waals surface area contributed by atoms with Gasteiger partial charge in [-0.05, 0) is 71.8 Å². The number of hydrogen-bond donors (Lipinski definition) is 1. The number of aliphatic imine (C=N–C) groups is 1. The topological polar surface area (TPSA) is 63.3 Å². The molecule has 0 saturated heterocycles. The van der Waals surface area contributed by atoms with E-state index >= 15 is 0 Å². The summed E-state index contributed by atoms with van der Waals surface area (Å²) < 4.78 is 1.96. The number of benzene rings is 3. The molecule has 8 heteroatoms. The van der Waals surface area contributed by atoms with E-state index in [9.17, 15) is 5.11 Å². The number of nitrogens with zero attached hydrogens (tertiary/aromatic N) is 4. The maximum atomic E-state index is 9.35. The van der Waals surface area contributed by atoms with Crippen molar-refractivity contribution in [2.75, 3.05) is 0 Å². The fourth-order valence-corrected chi connectivity index (χ4v) is 4.35. The molecule has 31 heavy (non-hydrogen) atoms. The lowest BCUT2D eigenvalue weighted by molar-refractivity contribution is 0.475. The third-order valence-corrected chi connectivity index (χ3v) is 6.24. The molecule has 0 saturated carbocycles. The normalized spacial score (nSPS) is 11.3. The van der Waals surface area contributed by atoms with E-state index in [-0.39, 0.29) is 5.75 Å². The summed E-state index contributed by atoms with van der Waals surface area (Å²) in [7, 11) is 1.94. The molecular weight excluding hydrogens is 451 g/mol. The Labute approximate surface area is 194 Å². The Morgan fingerprint density at radius 3 is 2.45 bits per heavy atom. The average molecular weight is 469 g/mol. The maximum absolute atomic E-state index is 9.35. The molecule has 1 N–H and O–H groups in total. The largest absolute Gasteiger partial charge is 0.508 e. The van der Waals surface area contributed by atoms with Gasteiger partial charge in [0.2, 0.25) is 0 Å². The Bertz CT molecular complexity index is 1220. The predicted octanol–water partition coefficient (Wildman–Crippen LogP) is 6.54. The molecule has 0 fully saturated rings. The Kier molecular flexibility index (Phi) is 6.61. The van der Waals surface area contributed by atoms with Gasteiger partial charge in [-0.2, -0.15) is 0 Å². The first-order chi connectivity index (χ1) is 15.0. The molecule has 1 heterocycles. The van der Waals surface area contributed by atoms with E-state index in [2.05, 4.69) is 15.2 Å². The quantitative estimate of drug-likeness (QED) is 0.257. The van der Waals surface area contributed by atoms with E-state index in [4.69, 9.17) is 23.2 Å². The zero-order valence-corrected chi connectivity index (χ0v) is 18.9. The molecule has 0 aliphatic heterocycles. The number of halogens is 2. The number of thioether (sulfide) groups is 1. The first-order valence-corrected chi connectivity index (χ1v) is 11.1. The summed E-state index contributed by atoms with van der Waals surface area (Å²) in [6.45, 7) is 0. The summed E-state index contributed by atoms with van der Waals surface area (Å²) in [6, 6.07) is 20.2. The second kappa shape index (κ2) is 9.56. The van der Waals surface area contributed by atoms with Crippen molar-refractivity contribution < 1.29 is 5.11 Å². The van der Waals surface area contributed by atoms with Gasteiger partial charge >= 0.3 is 0 Å². The van der Waals surface area contributed by atoms with Gasteiger partial charge in [-0.1, -0.05) is 41.0 Å². The van der Waals surface area contributed by atoms with E-state index in [1.807, 2.05) is 60.1 Å². The first-order valence-electron chi connectivity index (χ1n) is 9.39. The molecule has 0 unspecified atom stereocenters. The second-order valence-corrected chi connectivity index (χ2v) is 8.57. The zero-order valence-electron chi connectivity index (χ0n) is 16.5. The SMILES string of the molecule is Cn1c(SCc2ccc(Cl)cc2Cl)nnc1-c1ccc(N=Cc2ccc(O)cc2)cc1. The maximum Gasteiger partial charge on any atom is 0.191 e. The van der Waals surface area contributed by atoms with Gasteiger partial charge in [0, 0.05) is 34.6 Å². The van der Waals surface area contributed by atoms with Gasteiger partial charge in [-0.3, -0.25) is 4.99 Å². The number of phenols is 1. The average Bonchev–Trinajstić information content (AvgIpc) is 3.13. The highest BCUT2D eigenvalue weighted by atomic mass is 35.5. The predicted molar refractivity (Wildman–Crippen MR) is 128 cm³/mol. The number of rotatable bonds is 6. The van der Waals surface area contributed by atoms with Crippen molar-refractivity contribution in [1.29, 1.82) is 0 Å². The van der Waals surface area contributed by atoms with Crippen LogP contribution in [0, 0.1) is 0 Å². The minimum Gasteiger partial charge on any atom is -0.508 e. The number of aromatic hydroxyl groups is 1. The van der Waals surface area contributed by atoms with Crippen LogP contribution in [0.4, 0.5) is 5.69 Å². The molecule has 5 nitrogen and oxygen atoms in total.